The molecule has 0 radical (unpaired) electrons. The predicted octanol–water partition coefficient (Wildman–Crippen LogP) is 12.9. The Kier molecular flexibility index (Phi) is 6.53. The zero-order valence-electron chi connectivity index (χ0n) is 27.4. The SMILES string of the molecule is c1ccc(-c2ccc3c(c2)c2ccccc2n3-c2ccccc2-c2ccccc2-c2cccc3c2c2ccccc2n3-c2ccccc2)cc1. The normalized spacial score (nSPS) is 11.6. The van der Waals surface area contributed by atoms with Crippen LogP contribution in [0.3, 0.4) is 0 Å². The van der Waals surface area contributed by atoms with Crippen molar-refractivity contribution >= 4 is 43.6 Å². The van der Waals surface area contributed by atoms with E-state index in [1.54, 1.807) is 0 Å². The van der Waals surface area contributed by atoms with E-state index in [9.17, 15) is 0 Å². The van der Waals surface area contributed by atoms with Crippen LogP contribution in [0.4, 0.5) is 0 Å². The molecule has 0 spiro atoms. The van der Waals surface area contributed by atoms with Crippen LogP contribution in [0.15, 0.2) is 194 Å². The summed E-state index contributed by atoms with van der Waals surface area (Å²) in [5.74, 6) is 0. The second kappa shape index (κ2) is 11.5. The Balaban J connectivity index is 1.22. The van der Waals surface area contributed by atoms with Crippen LogP contribution in [0, 0.1) is 0 Å². The van der Waals surface area contributed by atoms with Gasteiger partial charge in [0.15, 0.2) is 0 Å². The Labute approximate surface area is 290 Å². The number of fused-ring (bicyclic) bond motifs is 6. The molecular formula is C48H32N2. The van der Waals surface area contributed by atoms with Gasteiger partial charge in [-0.3, -0.25) is 0 Å². The number of para-hydroxylation sites is 4. The molecule has 0 N–H and O–H groups in total. The molecule has 10 rings (SSSR count). The van der Waals surface area contributed by atoms with Crippen LogP contribution < -0.4 is 0 Å². The first kappa shape index (κ1) is 28.4. The van der Waals surface area contributed by atoms with Crippen LogP contribution in [0.1, 0.15) is 0 Å². The van der Waals surface area contributed by atoms with Gasteiger partial charge >= 0.3 is 0 Å². The van der Waals surface area contributed by atoms with E-state index in [-0.39, 0.29) is 0 Å². The van der Waals surface area contributed by atoms with Gasteiger partial charge in [0.2, 0.25) is 0 Å². The van der Waals surface area contributed by atoms with E-state index in [1.165, 1.54) is 77.0 Å². The number of hydrogen-bond donors (Lipinski definition) is 0. The number of rotatable bonds is 5. The topological polar surface area (TPSA) is 9.86 Å². The van der Waals surface area contributed by atoms with Gasteiger partial charge in [-0.05, 0) is 76.3 Å². The smallest absolute Gasteiger partial charge is 0.0547 e. The lowest BCUT2D eigenvalue weighted by atomic mass is 9.91. The molecule has 0 fully saturated rings. The molecule has 0 aliphatic heterocycles. The average Bonchev–Trinajstić information content (AvgIpc) is 3.71. The van der Waals surface area contributed by atoms with Gasteiger partial charge in [0.25, 0.3) is 0 Å². The lowest BCUT2D eigenvalue weighted by molar-refractivity contribution is 1.18. The highest BCUT2D eigenvalue weighted by atomic mass is 15.0. The lowest BCUT2D eigenvalue weighted by Crippen LogP contribution is -1.98. The molecule has 2 nitrogen and oxygen atoms in total. The van der Waals surface area contributed by atoms with E-state index in [1.807, 2.05) is 0 Å². The van der Waals surface area contributed by atoms with Gasteiger partial charge in [-0.2, -0.15) is 0 Å². The fourth-order valence-electron chi connectivity index (χ4n) is 7.99. The van der Waals surface area contributed by atoms with E-state index >= 15 is 0 Å². The van der Waals surface area contributed by atoms with Crippen LogP contribution in [0.2, 0.25) is 0 Å². The second-order valence-corrected chi connectivity index (χ2v) is 12.9. The largest absolute Gasteiger partial charge is 0.309 e. The summed E-state index contributed by atoms with van der Waals surface area (Å²) in [6.07, 6.45) is 0. The highest BCUT2D eigenvalue weighted by Gasteiger charge is 2.21. The Morgan fingerprint density at radius 1 is 0.280 bits per heavy atom. The first-order valence-corrected chi connectivity index (χ1v) is 17.2. The standard InChI is InChI=1S/C48H32N2/c1-3-16-33(17-4-1)34-30-31-46-42(32-34)39-23-10-13-27-44(39)50(46)43-26-12-9-22-38(43)36-20-7-8-21-37(36)40-25-15-29-47-48(40)41-24-11-14-28-45(41)49(47)35-18-5-2-6-19-35/h1-32H. The van der Waals surface area contributed by atoms with Gasteiger partial charge < -0.3 is 9.13 Å². The zero-order valence-corrected chi connectivity index (χ0v) is 27.4. The molecule has 0 saturated carbocycles. The minimum Gasteiger partial charge on any atom is -0.309 e. The highest BCUT2D eigenvalue weighted by Crippen LogP contribution is 2.44. The fraction of sp³-hybridized carbons (Fsp3) is 0. The first-order chi connectivity index (χ1) is 24.8. The minimum absolute atomic E-state index is 1.16. The van der Waals surface area contributed by atoms with Crippen molar-refractivity contribution in [1.29, 1.82) is 0 Å². The van der Waals surface area contributed by atoms with Gasteiger partial charge in [0, 0.05) is 32.8 Å². The molecule has 0 unspecified atom stereocenters. The summed E-state index contributed by atoms with van der Waals surface area (Å²) in [6, 6.07) is 70.4. The first-order valence-electron chi connectivity index (χ1n) is 17.2. The quantitative estimate of drug-likeness (QED) is 0.178. The Morgan fingerprint density at radius 2 is 0.820 bits per heavy atom. The fourth-order valence-corrected chi connectivity index (χ4v) is 7.99. The van der Waals surface area contributed by atoms with Crippen LogP contribution in [-0.4, -0.2) is 9.13 Å². The van der Waals surface area contributed by atoms with Crippen LogP contribution in [0.25, 0.3) is 88.4 Å². The molecule has 2 heteroatoms. The Hall–Kier alpha value is -6.64. The lowest BCUT2D eigenvalue weighted by Gasteiger charge is -2.17. The zero-order chi connectivity index (χ0) is 33.0. The van der Waals surface area contributed by atoms with Gasteiger partial charge in [0.05, 0.1) is 27.8 Å². The van der Waals surface area contributed by atoms with Gasteiger partial charge in [-0.25, -0.2) is 0 Å². The molecule has 2 aromatic heterocycles. The third-order valence-corrected chi connectivity index (χ3v) is 10.1. The highest BCUT2D eigenvalue weighted by molar-refractivity contribution is 6.17. The molecule has 0 saturated heterocycles. The maximum atomic E-state index is 2.45. The Bertz CT molecular complexity index is 2860. The minimum atomic E-state index is 1.16. The monoisotopic (exact) mass is 636 g/mol. The summed E-state index contributed by atoms with van der Waals surface area (Å²) in [7, 11) is 0. The molecule has 0 aliphatic carbocycles. The van der Waals surface area contributed by atoms with Gasteiger partial charge in [0.1, 0.15) is 0 Å². The molecule has 0 aliphatic rings. The molecule has 8 aromatic carbocycles. The summed E-state index contributed by atoms with van der Waals surface area (Å²) in [4.78, 5) is 0. The third-order valence-electron chi connectivity index (χ3n) is 10.1. The summed E-state index contributed by atoms with van der Waals surface area (Å²) < 4.78 is 4.85. The summed E-state index contributed by atoms with van der Waals surface area (Å²) in [6.45, 7) is 0. The molecule has 234 valence electrons. The summed E-state index contributed by atoms with van der Waals surface area (Å²) in [5.41, 5.74) is 14.4. The maximum absolute atomic E-state index is 2.45. The van der Waals surface area contributed by atoms with Crippen LogP contribution in [-0.2, 0) is 0 Å². The van der Waals surface area contributed by atoms with Crippen LogP contribution in [0.5, 0.6) is 0 Å². The molecule has 2 heterocycles. The molecule has 0 bridgehead atoms. The predicted molar refractivity (Wildman–Crippen MR) is 211 cm³/mol. The van der Waals surface area contributed by atoms with Crippen molar-refractivity contribution in [2.75, 3.05) is 0 Å². The average molecular weight is 637 g/mol. The number of nitrogens with zero attached hydrogens (tertiary/aromatic N) is 2. The third kappa shape index (κ3) is 4.36. The van der Waals surface area contributed by atoms with Crippen molar-refractivity contribution in [3.63, 3.8) is 0 Å². The molecule has 10 aromatic rings. The van der Waals surface area contributed by atoms with Crippen molar-refractivity contribution in [3.05, 3.63) is 194 Å². The van der Waals surface area contributed by atoms with Crippen molar-refractivity contribution in [1.82, 2.24) is 9.13 Å². The molecule has 0 atom stereocenters. The van der Waals surface area contributed by atoms with E-state index in [4.69, 9.17) is 0 Å². The van der Waals surface area contributed by atoms with E-state index < -0.39 is 0 Å². The van der Waals surface area contributed by atoms with E-state index in [0.29, 0.717) is 0 Å². The van der Waals surface area contributed by atoms with Crippen LogP contribution >= 0.6 is 0 Å². The molecular weight excluding hydrogens is 605 g/mol. The van der Waals surface area contributed by atoms with Crippen molar-refractivity contribution in [3.8, 4) is 44.8 Å². The van der Waals surface area contributed by atoms with E-state index in [2.05, 4.69) is 203 Å². The van der Waals surface area contributed by atoms with Crippen molar-refractivity contribution < 1.29 is 0 Å². The van der Waals surface area contributed by atoms with Gasteiger partial charge in [-0.15, -0.1) is 0 Å². The van der Waals surface area contributed by atoms with Gasteiger partial charge in [-0.1, -0.05) is 146 Å². The van der Waals surface area contributed by atoms with Crippen molar-refractivity contribution in [2.24, 2.45) is 0 Å². The summed E-state index contributed by atoms with van der Waals surface area (Å²) in [5, 5.41) is 5.02. The maximum Gasteiger partial charge on any atom is 0.0547 e. The summed E-state index contributed by atoms with van der Waals surface area (Å²) >= 11 is 0. The number of benzene rings is 8. The Morgan fingerprint density at radius 3 is 1.60 bits per heavy atom. The van der Waals surface area contributed by atoms with Crippen molar-refractivity contribution in [2.45, 2.75) is 0 Å². The number of hydrogen-bond acceptors (Lipinski definition) is 0. The number of aromatic nitrogens is 2. The van der Waals surface area contributed by atoms with E-state index in [0.717, 1.165) is 11.4 Å². The molecule has 50 heavy (non-hydrogen) atoms. The molecule has 0 amide bonds. The second-order valence-electron chi connectivity index (χ2n) is 12.9.